The minimum absolute atomic E-state index is 0.203. The lowest BCUT2D eigenvalue weighted by molar-refractivity contribution is -0.151. The molecule has 0 aliphatic carbocycles. The minimum atomic E-state index is -0.860. The van der Waals surface area contributed by atoms with Crippen LogP contribution in [0, 0.1) is 5.41 Å². The molecule has 5 nitrogen and oxygen atoms in total. The highest BCUT2D eigenvalue weighted by molar-refractivity contribution is 5.75. The Morgan fingerprint density at radius 1 is 1.20 bits per heavy atom. The third kappa shape index (κ3) is 3.67. The molecule has 2 N–H and O–H groups in total. The van der Waals surface area contributed by atoms with Crippen LogP contribution in [0.25, 0.3) is 11.1 Å². The Morgan fingerprint density at radius 3 is 2.64 bits per heavy atom. The van der Waals surface area contributed by atoms with E-state index < -0.39 is 11.4 Å². The highest BCUT2D eigenvalue weighted by Gasteiger charge is 2.44. The van der Waals surface area contributed by atoms with Crippen molar-refractivity contribution in [2.45, 2.75) is 13.0 Å². The van der Waals surface area contributed by atoms with Crippen LogP contribution in [0.4, 0.5) is 0 Å². The molecular weight excluding hydrogens is 318 g/mol. The molecule has 1 fully saturated rings. The Morgan fingerprint density at radius 2 is 1.96 bits per heavy atom. The third-order valence-electron chi connectivity index (χ3n) is 4.89. The number of hydrogen-bond donors (Lipinski definition) is 2. The summed E-state index contributed by atoms with van der Waals surface area (Å²) < 4.78 is 5.13. The van der Waals surface area contributed by atoms with Gasteiger partial charge in [0, 0.05) is 25.8 Å². The zero-order valence-electron chi connectivity index (χ0n) is 14.3. The molecule has 0 radical (unpaired) electrons. The topological polar surface area (TPSA) is 70.0 Å². The molecule has 0 amide bonds. The van der Waals surface area contributed by atoms with Crippen LogP contribution in [0.3, 0.4) is 0 Å². The predicted octanol–water partition coefficient (Wildman–Crippen LogP) is 2.98. The van der Waals surface area contributed by atoms with Crippen molar-refractivity contribution in [3.63, 3.8) is 0 Å². The molecule has 5 heteroatoms. The minimum Gasteiger partial charge on any atom is -0.508 e. The van der Waals surface area contributed by atoms with E-state index >= 15 is 0 Å². The first kappa shape index (κ1) is 17.5. The third-order valence-corrected chi connectivity index (χ3v) is 4.89. The van der Waals surface area contributed by atoms with Crippen molar-refractivity contribution in [1.82, 2.24) is 4.90 Å². The monoisotopic (exact) mass is 341 g/mol. The fourth-order valence-electron chi connectivity index (χ4n) is 3.49. The molecule has 25 heavy (non-hydrogen) atoms. The van der Waals surface area contributed by atoms with E-state index in [9.17, 15) is 15.0 Å². The van der Waals surface area contributed by atoms with Crippen molar-refractivity contribution >= 4 is 5.97 Å². The van der Waals surface area contributed by atoms with E-state index in [2.05, 4.69) is 4.90 Å². The van der Waals surface area contributed by atoms with E-state index in [0.29, 0.717) is 26.1 Å². The van der Waals surface area contributed by atoms with Crippen molar-refractivity contribution < 1.29 is 19.7 Å². The second kappa shape index (κ2) is 7.25. The molecule has 0 bridgehead atoms. The summed E-state index contributed by atoms with van der Waals surface area (Å²) in [5, 5.41) is 19.8. The van der Waals surface area contributed by atoms with Crippen LogP contribution in [-0.2, 0) is 16.1 Å². The molecule has 0 aromatic heterocycles. The van der Waals surface area contributed by atoms with Gasteiger partial charge in [0.15, 0.2) is 0 Å². The number of ether oxygens (including phenoxy) is 1. The van der Waals surface area contributed by atoms with Crippen LogP contribution in [-0.4, -0.2) is 47.9 Å². The number of benzene rings is 2. The molecule has 132 valence electrons. The SMILES string of the molecule is COCC1(C(=O)O)CCN(Cc2cc(-c3ccccc3)ccc2O)C1. The Hall–Kier alpha value is -2.37. The number of carboxylic acids is 1. The number of phenolic OH excluding ortho intramolecular Hbond substituents is 1. The number of rotatable bonds is 6. The molecule has 0 saturated carbocycles. The zero-order chi connectivity index (χ0) is 17.9. The Bertz CT molecular complexity index is 747. The lowest BCUT2D eigenvalue weighted by Gasteiger charge is -2.24. The van der Waals surface area contributed by atoms with Gasteiger partial charge in [-0.15, -0.1) is 0 Å². The molecule has 1 atom stereocenters. The van der Waals surface area contributed by atoms with E-state index in [4.69, 9.17) is 4.74 Å². The number of phenols is 1. The van der Waals surface area contributed by atoms with Crippen LogP contribution in [0.5, 0.6) is 5.75 Å². The standard InChI is InChI=1S/C20H23NO4/c1-25-14-20(19(23)24)9-10-21(13-20)12-17-11-16(7-8-18(17)22)15-5-3-2-4-6-15/h2-8,11,22H,9-10,12-14H2,1H3,(H,23,24). The number of likely N-dealkylation sites (tertiary alicyclic amines) is 1. The van der Waals surface area contributed by atoms with Gasteiger partial charge in [0.1, 0.15) is 11.2 Å². The maximum atomic E-state index is 11.7. The summed E-state index contributed by atoms with van der Waals surface area (Å²) in [7, 11) is 1.53. The van der Waals surface area contributed by atoms with E-state index in [-0.39, 0.29) is 12.4 Å². The van der Waals surface area contributed by atoms with E-state index in [0.717, 1.165) is 16.7 Å². The quantitative estimate of drug-likeness (QED) is 0.845. The number of nitrogens with zero attached hydrogens (tertiary/aromatic N) is 1. The van der Waals surface area contributed by atoms with Crippen molar-refractivity contribution in [3.8, 4) is 16.9 Å². The van der Waals surface area contributed by atoms with Gasteiger partial charge in [0.25, 0.3) is 0 Å². The summed E-state index contributed by atoms with van der Waals surface area (Å²) in [6, 6.07) is 15.6. The van der Waals surface area contributed by atoms with Crippen LogP contribution < -0.4 is 0 Å². The van der Waals surface area contributed by atoms with Gasteiger partial charge in [-0.1, -0.05) is 36.4 Å². The lowest BCUT2D eigenvalue weighted by Crippen LogP contribution is -2.38. The Kier molecular flexibility index (Phi) is 5.06. The summed E-state index contributed by atoms with van der Waals surface area (Å²) in [5.74, 6) is -0.585. The number of hydrogen-bond acceptors (Lipinski definition) is 4. The van der Waals surface area contributed by atoms with Gasteiger partial charge in [0.05, 0.1) is 6.61 Å². The molecule has 0 spiro atoms. The summed E-state index contributed by atoms with van der Waals surface area (Å²) >= 11 is 0. The first-order valence-corrected chi connectivity index (χ1v) is 8.36. The summed E-state index contributed by atoms with van der Waals surface area (Å²) in [6.45, 7) is 1.82. The van der Waals surface area contributed by atoms with Crippen molar-refractivity contribution in [3.05, 3.63) is 54.1 Å². The maximum absolute atomic E-state index is 11.7. The van der Waals surface area contributed by atoms with Gasteiger partial charge < -0.3 is 14.9 Å². The van der Waals surface area contributed by atoms with Crippen LogP contribution >= 0.6 is 0 Å². The summed E-state index contributed by atoms with van der Waals surface area (Å²) in [6.07, 6.45) is 0.551. The Labute approximate surface area is 147 Å². The molecule has 1 aliphatic heterocycles. The van der Waals surface area contributed by atoms with Gasteiger partial charge >= 0.3 is 5.97 Å². The number of methoxy groups -OCH3 is 1. The van der Waals surface area contributed by atoms with Crippen molar-refractivity contribution in [1.29, 1.82) is 0 Å². The van der Waals surface area contributed by atoms with Gasteiger partial charge in [-0.2, -0.15) is 0 Å². The first-order valence-electron chi connectivity index (χ1n) is 8.36. The fourth-order valence-corrected chi connectivity index (χ4v) is 3.49. The smallest absolute Gasteiger partial charge is 0.313 e. The Balaban J connectivity index is 1.78. The van der Waals surface area contributed by atoms with Gasteiger partial charge in [0.2, 0.25) is 0 Å². The van der Waals surface area contributed by atoms with Crippen LogP contribution in [0.1, 0.15) is 12.0 Å². The fraction of sp³-hybridized carbons (Fsp3) is 0.350. The number of carbonyl (C=O) groups is 1. The molecular formula is C20H23NO4. The van der Waals surface area contributed by atoms with Gasteiger partial charge in [-0.25, -0.2) is 0 Å². The summed E-state index contributed by atoms with van der Waals surface area (Å²) in [4.78, 5) is 13.7. The highest BCUT2D eigenvalue weighted by atomic mass is 16.5. The van der Waals surface area contributed by atoms with E-state index in [1.165, 1.54) is 7.11 Å². The number of carboxylic acid groups (broad SMARTS) is 1. The molecule has 2 aromatic rings. The van der Waals surface area contributed by atoms with Crippen LogP contribution in [0.15, 0.2) is 48.5 Å². The second-order valence-electron chi connectivity index (χ2n) is 6.69. The molecule has 1 heterocycles. The van der Waals surface area contributed by atoms with Gasteiger partial charge in [-0.3, -0.25) is 9.69 Å². The predicted molar refractivity (Wildman–Crippen MR) is 95.4 cm³/mol. The molecule has 2 aromatic carbocycles. The lowest BCUT2D eigenvalue weighted by atomic mass is 9.88. The molecule has 1 saturated heterocycles. The first-order chi connectivity index (χ1) is 12.0. The largest absolute Gasteiger partial charge is 0.508 e. The molecule has 3 rings (SSSR count). The van der Waals surface area contributed by atoms with E-state index in [1.807, 2.05) is 42.5 Å². The molecule has 1 aliphatic rings. The number of aromatic hydroxyl groups is 1. The summed E-state index contributed by atoms with van der Waals surface area (Å²) in [5.41, 5.74) is 2.07. The average Bonchev–Trinajstić information content (AvgIpc) is 3.02. The van der Waals surface area contributed by atoms with Crippen molar-refractivity contribution in [2.75, 3.05) is 26.8 Å². The van der Waals surface area contributed by atoms with Gasteiger partial charge in [-0.05, 0) is 36.2 Å². The normalized spacial score (nSPS) is 20.7. The maximum Gasteiger partial charge on any atom is 0.313 e. The zero-order valence-corrected chi connectivity index (χ0v) is 14.3. The van der Waals surface area contributed by atoms with Crippen molar-refractivity contribution in [2.24, 2.45) is 5.41 Å². The number of aliphatic carboxylic acids is 1. The second-order valence-corrected chi connectivity index (χ2v) is 6.69. The highest BCUT2D eigenvalue weighted by Crippen LogP contribution is 2.34. The van der Waals surface area contributed by atoms with E-state index in [1.54, 1.807) is 6.07 Å². The average molecular weight is 341 g/mol. The van der Waals surface area contributed by atoms with Crippen LogP contribution in [0.2, 0.25) is 0 Å². The molecule has 1 unspecified atom stereocenters.